The van der Waals surface area contributed by atoms with E-state index in [1.807, 2.05) is 19.9 Å². The molecule has 0 radical (unpaired) electrons. The fraction of sp³-hybridized carbons (Fsp3) is 0.0851. The molecule has 1 heterocycles. The van der Waals surface area contributed by atoms with Gasteiger partial charge in [-0.05, 0) is 83.9 Å². The third kappa shape index (κ3) is 5.93. The average molecular weight is 646 g/mol. The summed E-state index contributed by atoms with van der Waals surface area (Å²) < 4.78 is 0. The van der Waals surface area contributed by atoms with Gasteiger partial charge in [-0.15, -0.1) is 0 Å². The Morgan fingerprint density at radius 3 is 1.48 bits per heavy atom. The Balaban J connectivity index is 0.00000177. The molecule has 0 amide bonds. The maximum Gasteiger partial charge on any atom is 0.131 e. The first-order valence-corrected chi connectivity index (χ1v) is 17.5. The number of fused-ring (bicyclic) bond motifs is 6. The van der Waals surface area contributed by atoms with Gasteiger partial charge >= 0.3 is 0 Å². The highest BCUT2D eigenvalue weighted by Crippen LogP contribution is 2.38. The number of nitrogens with zero attached hydrogens (tertiary/aromatic N) is 1. The predicted molar refractivity (Wildman–Crippen MR) is 212 cm³/mol. The zero-order valence-electron chi connectivity index (χ0n) is 28.3. The van der Waals surface area contributed by atoms with E-state index in [1.165, 1.54) is 60.1 Å². The van der Waals surface area contributed by atoms with E-state index >= 15 is 0 Å². The standard InChI is InChI=1S/C45H33N3.C2H6/c1-3-13-30(14-4-1)43-46-44(31-15-5-2-6-16-31)48-45(47-43)36-20-12-19-34(28-36)32-17-11-18-33(27-32)35-25-26-41-39-23-8-7-21-37(39)38-22-9-10-24-40(38)42(41)29-35;1-2/h1-29,43,45,47H,(H,46,48);1-2H3. The topological polar surface area (TPSA) is 36.4 Å². The lowest BCUT2D eigenvalue weighted by atomic mass is 9.91. The molecule has 242 valence electrons. The highest BCUT2D eigenvalue weighted by Gasteiger charge is 2.25. The van der Waals surface area contributed by atoms with Crippen molar-refractivity contribution < 1.29 is 0 Å². The number of amidine groups is 1. The van der Waals surface area contributed by atoms with Crippen LogP contribution in [0.5, 0.6) is 0 Å². The third-order valence-corrected chi connectivity index (χ3v) is 9.52. The van der Waals surface area contributed by atoms with Crippen LogP contribution in [0.3, 0.4) is 0 Å². The molecule has 1 aliphatic heterocycles. The van der Waals surface area contributed by atoms with Gasteiger partial charge in [-0.3, -0.25) is 5.32 Å². The SMILES string of the molecule is CC.c1ccc(C2=NC(c3cccc(-c4cccc(-c5ccc6c7ccccc7c7ccccc7c6c5)c4)c3)NC(c3ccccc3)N2)cc1. The summed E-state index contributed by atoms with van der Waals surface area (Å²) in [5.74, 6) is 0.886. The summed E-state index contributed by atoms with van der Waals surface area (Å²) in [4.78, 5) is 5.17. The fourth-order valence-electron chi connectivity index (χ4n) is 7.14. The first kappa shape index (κ1) is 31.3. The van der Waals surface area contributed by atoms with Gasteiger partial charge in [-0.25, -0.2) is 4.99 Å². The Kier molecular flexibility index (Phi) is 8.65. The molecule has 2 N–H and O–H groups in total. The van der Waals surface area contributed by atoms with Crippen LogP contribution in [0, 0.1) is 0 Å². The van der Waals surface area contributed by atoms with E-state index in [9.17, 15) is 0 Å². The zero-order valence-corrected chi connectivity index (χ0v) is 28.3. The second-order valence-electron chi connectivity index (χ2n) is 12.5. The molecule has 3 nitrogen and oxygen atoms in total. The van der Waals surface area contributed by atoms with Gasteiger partial charge in [0.25, 0.3) is 0 Å². The van der Waals surface area contributed by atoms with Crippen LogP contribution < -0.4 is 10.6 Å². The molecule has 0 bridgehead atoms. The van der Waals surface area contributed by atoms with E-state index in [1.54, 1.807) is 0 Å². The van der Waals surface area contributed by atoms with Gasteiger partial charge in [0.05, 0.1) is 0 Å². The maximum absolute atomic E-state index is 5.17. The Bertz CT molecular complexity index is 2430. The van der Waals surface area contributed by atoms with Crippen LogP contribution in [0.4, 0.5) is 0 Å². The minimum atomic E-state index is -0.210. The van der Waals surface area contributed by atoms with Crippen molar-refractivity contribution in [2.24, 2.45) is 4.99 Å². The van der Waals surface area contributed by atoms with Crippen molar-refractivity contribution in [1.29, 1.82) is 0 Å². The van der Waals surface area contributed by atoms with Gasteiger partial charge in [0.1, 0.15) is 18.2 Å². The minimum Gasteiger partial charge on any atom is -0.350 e. The first-order chi connectivity index (χ1) is 24.8. The van der Waals surface area contributed by atoms with Crippen LogP contribution in [0.1, 0.15) is 42.9 Å². The molecule has 2 atom stereocenters. The van der Waals surface area contributed by atoms with Crippen LogP contribution in [0.15, 0.2) is 181 Å². The molecule has 8 aromatic rings. The first-order valence-electron chi connectivity index (χ1n) is 17.5. The van der Waals surface area contributed by atoms with E-state index in [2.05, 4.69) is 180 Å². The molecule has 0 aromatic heterocycles. The normalized spacial score (nSPS) is 15.6. The Morgan fingerprint density at radius 2 is 0.840 bits per heavy atom. The quantitative estimate of drug-likeness (QED) is 0.183. The van der Waals surface area contributed by atoms with Crippen LogP contribution in [0.2, 0.25) is 0 Å². The largest absolute Gasteiger partial charge is 0.350 e. The van der Waals surface area contributed by atoms with Gasteiger partial charge < -0.3 is 5.32 Å². The highest BCUT2D eigenvalue weighted by atomic mass is 15.3. The lowest BCUT2D eigenvalue weighted by molar-refractivity contribution is 0.409. The lowest BCUT2D eigenvalue weighted by Gasteiger charge is -2.32. The third-order valence-electron chi connectivity index (χ3n) is 9.52. The predicted octanol–water partition coefficient (Wildman–Crippen LogP) is 11.8. The number of rotatable bonds is 5. The van der Waals surface area contributed by atoms with Gasteiger partial charge in [0.15, 0.2) is 0 Å². The van der Waals surface area contributed by atoms with Gasteiger partial charge in [0.2, 0.25) is 0 Å². The smallest absolute Gasteiger partial charge is 0.131 e. The molecule has 50 heavy (non-hydrogen) atoms. The van der Waals surface area contributed by atoms with Crippen LogP contribution >= 0.6 is 0 Å². The zero-order chi connectivity index (χ0) is 33.9. The second-order valence-corrected chi connectivity index (χ2v) is 12.5. The summed E-state index contributed by atoms with van der Waals surface area (Å²) in [5.41, 5.74) is 8.13. The molecule has 0 spiro atoms. The van der Waals surface area contributed by atoms with E-state index < -0.39 is 0 Å². The summed E-state index contributed by atoms with van der Waals surface area (Å²) in [6, 6.07) is 63.0. The van der Waals surface area contributed by atoms with Crippen molar-refractivity contribution >= 4 is 38.2 Å². The molecule has 0 fully saturated rings. The van der Waals surface area contributed by atoms with Crippen LogP contribution in [-0.2, 0) is 0 Å². The molecule has 0 saturated carbocycles. The van der Waals surface area contributed by atoms with Gasteiger partial charge in [-0.2, -0.15) is 0 Å². The highest BCUT2D eigenvalue weighted by molar-refractivity contribution is 6.25. The van der Waals surface area contributed by atoms with Crippen molar-refractivity contribution in [2.75, 3.05) is 0 Å². The average Bonchev–Trinajstić information content (AvgIpc) is 3.22. The molecular formula is C47H39N3. The number of nitrogens with one attached hydrogen (secondary N) is 2. The van der Waals surface area contributed by atoms with Crippen LogP contribution in [-0.4, -0.2) is 5.84 Å². The van der Waals surface area contributed by atoms with Crippen molar-refractivity contribution in [3.05, 3.63) is 193 Å². The summed E-state index contributed by atoms with van der Waals surface area (Å²) in [6.45, 7) is 4.00. The Morgan fingerprint density at radius 1 is 0.380 bits per heavy atom. The molecule has 3 heteroatoms. The van der Waals surface area contributed by atoms with Crippen molar-refractivity contribution in [2.45, 2.75) is 26.2 Å². The number of aliphatic imine (C=N–C) groups is 1. The molecule has 8 aromatic carbocycles. The number of hydrogen-bond donors (Lipinski definition) is 2. The van der Waals surface area contributed by atoms with E-state index in [0.717, 1.165) is 17.0 Å². The lowest BCUT2D eigenvalue weighted by Crippen LogP contribution is -2.44. The summed E-state index contributed by atoms with van der Waals surface area (Å²) in [7, 11) is 0. The molecule has 1 aliphatic rings. The van der Waals surface area contributed by atoms with E-state index in [-0.39, 0.29) is 12.3 Å². The second kappa shape index (κ2) is 13.8. The summed E-state index contributed by atoms with van der Waals surface area (Å²) in [6.07, 6.45) is -0.282. The molecule has 0 aliphatic carbocycles. The van der Waals surface area contributed by atoms with Crippen molar-refractivity contribution in [3.63, 3.8) is 0 Å². The van der Waals surface area contributed by atoms with E-state index in [0.29, 0.717) is 0 Å². The summed E-state index contributed by atoms with van der Waals surface area (Å²) in [5, 5.41) is 15.1. The molecule has 0 saturated heterocycles. The van der Waals surface area contributed by atoms with Gasteiger partial charge in [0, 0.05) is 5.56 Å². The van der Waals surface area contributed by atoms with Crippen LogP contribution in [0.25, 0.3) is 54.6 Å². The van der Waals surface area contributed by atoms with Crippen molar-refractivity contribution in [3.8, 4) is 22.3 Å². The number of benzene rings is 8. The maximum atomic E-state index is 5.17. The van der Waals surface area contributed by atoms with Gasteiger partial charge in [-0.1, -0.05) is 172 Å². The Labute approximate surface area is 294 Å². The minimum absolute atomic E-state index is 0.0722. The van der Waals surface area contributed by atoms with Crippen molar-refractivity contribution in [1.82, 2.24) is 10.6 Å². The van der Waals surface area contributed by atoms with E-state index in [4.69, 9.17) is 4.99 Å². The molecular weight excluding hydrogens is 607 g/mol. The Hall–Kier alpha value is -6.03. The monoisotopic (exact) mass is 645 g/mol. The number of hydrogen-bond acceptors (Lipinski definition) is 3. The molecule has 2 unspecified atom stereocenters. The summed E-state index contributed by atoms with van der Waals surface area (Å²) >= 11 is 0. The fourth-order valence-corrected chi connectivity index (χ4v) is 7.14. The molecule has 9 rings (SSSR count).